The summed E-state index contributed by atoms with van der Waals surface area (Å²) in [7, 11) is 0. The van der Waals surface area contributed by atoms with E-state index in [2.05, 4.69) is 91.0 Å². The summed E-state index contributed by atoms with van der Waals surface area (Å²) >= 11 is 12.9. The van der Waals surface area contributed by atoms with Gasteiger partial charge >= 0.3 is 0 Å². The molecule has 5 rings (SSSR count). The molecule has 0 spiro atoms. The normalized spacial score (nSPS) is 11.2. The van der Waals surface area contributed by atoms with Crippen molar-refractivity contribution in [3.05, 3.63) is 148 Å². The van der Waals surface area contributed by atoms with E-state index in [0.29, 0.717) is 10.0 Å². The second-order valence-electron chi connectivity index (χ2n) is 7.47. The van der Waals surface area contributed by atoms with Gasteiger partial charge in [0.2, 0.25) is 0 Å². The van der Waals surface area contributed by atoms with Gasteiger partial charge in [-0.05, 0) is 50.7 Å². The van der Waals surface area contributed by atoms with Gasteiger partial charge in [-0.3, -0.25) is 0 Å². The van der Waals surface area contributed by atoms with Crippen LogP contribution in [0.1, 0.15) is 16.7 Å². The molecule has 0 nitrogen and oxygen atoms in total. The first-order valence-corrected chi connectivity index (χ1v) is 10.9. The fraction of sp³-hybridized carbons (Fsp3) is 0. The number of halogens is 2. The zero-order valence-electron chi connectivity index (χ0n) is 16.7. The van der Waals surface area contributed by atoms with Crippen molar-refractivity contribution in [1.29, 1.82) is 0 Å². The smallest absolute Gasteiger partial charge is 0.0650 e. The molecule has 0 amide bonds. The third-order valence-corrected chi connectivity index (χ3v) is 6.09. The molecule has 5 aromatic rings. The first-order valence-electron chi connectivity index (χ1n) is 10.2. The van der Waals surface area contributed by atoms with Crippen LogP contribution in [0.4, 0.5) is 0 Å². The molecule has 0 saturated heterocycles. The van der Waals surface area contributed by atoms with Gasteiger partial charge in [0.1, 0.15) is 0 Å². The summed E-state index contributed by atoms with van der Waals surface area (Å²) < 4.78 is 0. The average molecular weight is 438 g/mol. The summed E-state index contributed by atoms with van der Waals surface area (Å²) in [5.41, 5.74) is 5.61. The fourth-order valence-corrected chi connectivity index (χ4v) is 4.55. The van der Waals surface area contributed by atoms with Gasteiger partial charge in [-0.1, -0.05) is 126 Å². The Morgan fingerprint density at radius 1 is 0.516 bits per heavy atom. The van der Waals surface area contributed by atoms with Gasteiger partial charge in [0, 0.05) is 10.0 Å². The van der Waals surface area contributed by atoms with Crippen molar-refractivity contribution in [2.45, 2.75) is 0 Å². The third kappa shape index (κ3) is 3.97. The van der Waals surface area contributed by atoms with E-state index in [4.69, 9.17) is 23.2 Å². The Bertz CT molecular complexity index is 1330. The maximum absolute atomic E-state index is 6.70. The van der Waals surface area contributed by atoms with Gasteiger partial charge < -0.3 is 0 Å². The Labute approximate surface area is 192 Å². The Kier molecular flexibility index (Phi) is 5.51. The SMILES string of the molecule is Clc1ccc([C](c2ccc(-c3ccccc3)cc2)c2cccc3ccccc23)c(Cl)c1. The molecule has 0 N–H and O–H groups in total. The zero-order chi connectivity index (χ0) is 21.2. The Morgan fingerprint density at radius 3 is 1.97 bits per heavy atom. The number of fused-ring (bicyclic) bond motifs is 1. The van der Waals surface area contributed by atoms with E-state index < -0.39 is 0 Å². The molecule has 0 fully saturated rings. The lowest BCUT2D eigenvalue weighted by Gasteiger charge is -2.21. The van der Waals surface area contributed by atoms with Crippen LogP contribution in [0.2, 0.25) is 10.0 Å². The molecule has 1 radical (unpaired) electrons. The van der Waals surface area contributed by atoms with Crippen LogP contribution in [0, 0.1) is 5.92 Å². The lowest BCUT2D eigenvalue weighted by molar-refractivity contribution is 1.24. The quantitative estimate of drug-likeness (QED) is 0.246. The Balaban J connectivity index is 1.69. The van der Waals surface area contributed by atoms with E-state index in [1.807, 2.05) is 24.3 Å². The summed E-state index contributed by atoms with van der Waals surface area (Å²) in [6, 6.07) is 39.6. The number of benzene rings is 5. The molecule has 31 heavy (non-hydrogen) atoms. The molecular weight excluding hydrogens is 419 g/mol. The van der Waals surface area contributed by atoms with Crippen LogP contribution in [0.5, 0.6) is 0 Å². The van der Waals surface area contributed by atoms with Crippen LogP contribution in [-0.4, -0.2) is 0 Å². The minimum absolute atomic E-state index is 0.630. The van der Waals surface area contributed by atoms with E-state index in [0.717, 1.165) is 22.6 Å². The molecule has 0 aromatic heterocycles. The molecule has 0 aliphatic heterocycles. The van der Waals surface area contributed by atoms with E-state index in [9.17, 15) is 0 Å². The topological polar surface area (TPSA) is 0 Å². The maximum Gasteiger partial charge on any atom is 0.0650 e. The van der Waals surface area contributed by atoms with E-state index in [1.54, 1.807) is 0 Å². The predicted octanol–water partition coefficient (Wildman–Crippen LogP) is 8.83. The van der Waals surface area contributed by atoms with Gasteiger partial charge in [-0.2, -0.15) is 0 Å². The second kappa shape index (κ2) is 8.59. The fourth-order valence-electron chi connectivity index (χ4n) is 4.05. The molecule has 149 valence electrons. The summed E-state index contributed by atoms with van der Waals surface area (Å²) in [6.07, 6.45) is 0. The predicted molar refractivity (Wildman–Crippen MR) is 133 cm³/mol. The minimum atomic E-state index is 0.630. The van der Waals surface area contributed by atoms with Gasteiger partial charge in [0.15, 0.2) is 0 Å². The van der Waals surface area contributed by atoms with Crippen molar-refractivity contribution in [1.82, 2.24) is 0 Å². The van der Waals surface area contributed by atoms with E-state index in [1.165, 1.54) is 21.9 Å². The summed E-state index contributed by atoms with van der Waals surface area (Å²) in [5, 5.41) is 3.66. The molecule has 5 aromatic carbocycles. The van der Waals surface area contributed by atoms with Crippen molar-refractivity contribution in [3.63, 3.8) is 0 Å². The maximum atomic E-state index is 6.70. The summed E-state index contributed by atoms with van der Waals surface area (Å²) in [4.78, 5) is 0. The summed E-state index contributed by atoms with van der Waals surface area (Å²) in [6.45, 7) is 0. The highest BCUT2D eigenvalue weighted by Crippen LogP contribution is 2.39. The van der Waals surface area contributed by atoms with Crippen LogP contribution >= 0.6 is 23.2 Å². The van der Waals surface area contributed by atoms with Gasteiger partial charge in [0.05, 0.1) is 5.92 Å². The summed E-state index contributed by atoms with van der Waals surface area (Å²) in [5.74, 6) is 1.10. The number of hydrogen-bond acceptors (Lipinski definition) is 0. The van der Waals surface area contributed by atoms with Crippen LogP contribution in [-0.2, 0) is 0 Å². The van der Waals surface area contributed by atoms with Gasteiger partial charge in [-0.25, -0.2) is 0 Å². The number of rotatable bonds is 4. The highest BCUT2D eigenvalue weighted by Gasteiger charge is 2.22. The molecule has 0 unspecified atom stereocenters. The lowest BCUT2D eigenvalue weighted by Crippen LogP contribution is -2.06. The monoisotopic (exact) mass is 437 g/mol. The van der Waals surface area contributed by atoms with Crippen LogP contribution < -0.4 is 0 Å². The van der Waals surface area contributed by atoms with E-state index in [-0.39, 0.29) is 0 Å². The van der Waals surface area contributed by atoms with Crippen LogP contribution in [0.3, 0.4) is 0 Å². The van der Waals surface area contributed by atoms with Gasteiger partial charge in [-0.15, -0.1) is 0 Å². The molecule has 0 saturated carbocycles. The average Bonchev–Trinajstić information content (AvgIpc) is 2.82. The minimum Gasteiger partial charge on any atom is -0.0843 e. The van der Waals surface area contributed by atoms with Crippen LogP contribution in [0.15, 0.2) is 115 Å². The molecule has 0 heterocycles. The molecule has 0 atom stereocenters. The van der Waals surface area contributed by atoms with Crippen molar-refractivity contribution >= 4 is 34.0 Å². The van der Waals surface area contributed by atoms with Crippen molar-refractivity contribution in [3.8, 4) is 11.1 Å². The highest BCUT2D eigenvalue weighted by atomic mass is 35.5. The first-order chi connectivity index (χ1) is 15.2. The van der Waals surface area contributed by atoms with Crippen molar-refractivity contribution in [2.75, 3.05) is 0 Å². The zero-order valence-corrected chi connectivity index (χ0v) is 18.2. The molecular formula is C29H19Cl2. The molecule has 0 aliphatic rings. The molecule has 0 aliphatic carbocycles. The standard InChI is InChI=1S/C29H19Cl2/c30-24-17-18-27(28(31)19-24)29(26-12-6-10-22-9-4-5-11-25(22)26)23-15-13-21(14-16-23)20-7-2-1-3-8-20/h1-19H. The van der Waals surface area contributed by atoms with Gasteiger partial charge in [0.25, 0.3) is 0 Å². The largest absolute Gasteiger partial charge is 0.0843 e. The van der Waals surface area contributed by atoms with E-state index >= 15 is 0 Å². The highest BCUT2D eigenvalue weighted by molar-refractivity contribution is 6.35. The number of hydrogen-bond donors (Lipinski definition) is 0. The Hall–Kier alpha value is -3.06. The third-order valence-electron chi connectivity index (χ3n) is 5.54. The second-order valence-corrected chi connectivity index (χ2v) is 8.31. The van der Waals surface area contributed by atoms with Crippen molar-refractivity contribution < 1.29 is 0 Å². The molecule has 2 heteroatoms. The first kappa shape index (κ1) is 19.9. The Morgan fingerprint density at radius 2 is 1.19 bits per heavy atom. The molecule has 0 bridgehead atoms. The lowest BCUT2D eigenvalue weighted by atomic mass is 9.82. The van der Waals surface area contributed by atoms with Crippen molar-refractivity contribution in [2.24, 2.45) is 0 Å². The van der Waals surface area contributed by atoms with Crippen LogP contribution in [0.25, 0.3) is 21.9 Å².